The summed E-state index contributed by atoms with van der Waals surface area (Å²) in [4.78, 5) is 32.2. The molecule has 0 saturated heterocycles. The van der Waals surface area contributed by atoms with Crippen LogP contribution >= 0.6 is 0 Å². The molecule has 25 heavy (non-hydrogen) atoms. The summed E-state index contributed by atoms with van der Waals surface area (Å²) in [5.74, 6) is -1.52. The van der Waals surface area contributed by atoms with Crippen molar-refractivity contribution in [2.75, 3.05) is 7.11 Å². The van der Waals surface area contributed by atoms with Crippen molar-refractivity contribution in [1.29, 1.82) is 0 Å². The van der Waals surface area contributed by atoms with Gasteiger partial charge in [-0.2, -0.15) is 0 Å². The Hall–Kier alpha value is -3.54. The lowest BCUT2D eigenvalue weighted by molar-refractivity contribution is -0.134. The second-order valence-corrected chi connectivity index (χ2v) is 5.56. The molecule has 6 nitrogen and oxygen atoms in total. The quantitative estimate of drug-likeness (QED) is 0.448. The van der Waals surface area contributed by atoms with E-state index in [1.54, 1.807) is 6.07 Å². The van der Waals surface area contributed by atoms with E-state index in [0.29, 0.717) is 28.0 Å². The van der Waals surface area contributed by atoms with Gasteiger partial charge < -0.3 is 9.84 Å². The fourth-order valence-corrected chi connectivity index (χ4v) is 2.94. The van der Waals surface area contributed by atoms with Gasteiger partial charge in [-0.3, -0.25) is 0 Å². The minimum Gasteiger partial charge on any atom is -0.478 e. The molecule has 1 N–H and O–H groups in total. The van der Waals surface area contributed by atoms with Gasteiger partial charge in [-0.1, -0.05) is 24.3 Å². The number of hydrogen-bond acceptors (Lipinski definition) is 5. The van der Waals surface area contributed by atoms with Crippen molar-refractivity contribution in [2.45, 2.75) is 0 Å². The Morgan fingerprint density at radius 1 is 1.00 bits per heavy atom. The second kappa shape index (κ2) is 5.52. The average Bonchev–Trinajstić information content (AvgIpc) is 2.92. The van der Waals surface area contributed by atoms with Crippen LogP contribution in [0.2, 0.25) is 0 Å². The van der Waals surface area contributed by atoms with Crippen LogP contribution in [-0.2, 0) is 9.53 Å². The molecule has 1 aliphatic rings. The molecule has 0 fully saturated rings. The van der Waals surface area contributed by atoms with Crippen molar-refractivity contribution >= 4 is 28.5 Å². The van der Waals surface area contributed by atoms with Crippen LogP contribution in [0.1, 0.15) is 21.6 Å². The van der Waals surface area contributed by atoms with Crippen LogP contribution in [0.5, 0.6) is 0 Å². The molecule has 0 unspecified atom stereocenters. The Morgan fingerprint density at radius 3 is 2.44 bits per heavy atom. The van der Waals surface area contributed by atoms with E-state index < -0.39 is 11.9 Å². The van der Waals surface area contributed by atoms with Crippen molar-refractivity contribution < 1.29 is 19.4 Å². The number of carbonyl (C=O) groups excluding carboxylic acids is 1. The third kappa shape index (κ3) is 2.35. The predicted molar refractivity (Wildman–Crippen MR) is 91.0 cm³/mol. The van der Waals surface area contributed by atoms with Crippen molar-refractivity contribution in [3.8, 4) is 11.3 Å². The van der Waals surface area contributed by atoms with Gasteiger partial charge in [0.1, 0.15) is 0 Å². The standard InChI is InChI=1S/C19H12N2O4/c1-25-16(22)9-13-11-4-2-3-5-12(11)17-18(13)21-15-8-10(19(23)24)6-7-14(15)20-17/h2-9H,1H3,(H,23,24)/b13-9+. The maximum atomic E-state index is 11.8. The molecule has 0 spiro atoms. The van der Waals surface area contributed by atoms with Gasteiger partial charge in [0.25, 0.3) is 0 Å². The fourth-order valence-electron chi connectivity index (χ4n) is 2.94. The molecule has 6 heteroatoms. The van der Waals surface area contributed by atoms with Crippen LogP contribution in [0.3, 0.4) is 0 Å². The molecular formula is C19H12N2O4. The van der Waals surface area contributed by atoms with E-state index in [2.05, 4.69) is 9.97 Å². The van der Waals surface area contributed by atoms with Crippen LogP contribution in [0.4, 0.5) is 0 Å². The monoisotopic (exact) mass is 332 g/mol. The highest BCUT2D eigenvalue weighted by Crippen LogP contribution is 2.42. The van der Waals surface area contributed by atoms with Crippen LogP contribution in [0.15, 0.2) is 48.5 Å². The van der Waals surface area contributed by atoms with Crippen LogP contribution < -0.4 is 0 Å². The van der Waals surface area contributed by atoms with Gasteiger partial charge in [0.15, 0.2) is 0 Å². The SMILES string of the molecule is COC(=O)/C=C1\c2ccccc2-c2nc3ccc(C(=O)O)cc3nc21. The van der Waals surface area contributed by atoms with Gasteiger partial charge in [-0.05, 0) is 23.8 Å². The van der Waals surface area contributed by atoms with Crippen molar-refractivity contribution in [3.63, 3.8) is 0 Å². The first-order valence-corrected chi connectivity index (χ1v) is 7.53. The second-order valence-electron chi connectivity index (χ2n) is 5.56. The van der Waals surface area contributed by atoms with Crippen LogP contribution in [0.25, 0.3) is 27.9 Å². The number of carbonyl (C=O) groups is 2. The maximum Gasteiger partial charge on any atom is 0.335 e. The zero-order valence-corrected chi connectivity index (χ0v) is 13.2. The molecule has 0 amide bonds. The number of esters is 1. The van der Waals surface area contributed by atoms with E-state index in [-0.39, 0.29) is 5.56 Å². The zero-order chi connectivity index (χ0) is 17.6. The number of hydrogen-bond donors (Lipinski definition) is 1. The van der Waals surface area contributed by atoms with Gasteiger partial charge in [0.05, 0.1) is 35.1 Å². The van der Waals surface area contributed by atoms with Gasteiger partial charge in [-0.15, -0.1) is 0 Å². The Bertz CT molecular complexity index is 1090. The molecule has 122 valence electrons. The minimum atomic E-state index is -1.03. The lowest BCUT2D eigenvalue weighted by Gasteiger charge is -2.04. The number of rotatable bonds is 2. The third-order valence-corrected chi connectivity index (χ3v) is 4.10. The maximum absolute atomic E-state index is 11.8. The Balaban J connectivity index is 2.01. The molecule has 0 aliphatic heterocycles. The summed E-state index contributed by atoms with van der Waals surface area (Å²) < 4.78 is 4.74. The topological polar surface area (TPSA) is 89.4 Å². The molecule has 2 aromatic carbocycles. The lowest BCUT2D eigenvalue weighted by atomic mass is 10.1. The van der Waals surface area contributed by atoms with Gasteiger partial charge in [0, 0.05) is 17.2 Å². The largest absolute Gasteiger partial charge is 0.478 e. The number of benzene rings is 2. The first-order chi connectivity index (χ1) is 12.1. The van der Waals surface area contributed by atoms with Crippen LogP contribution in [0, 0.1) is 0 Å². The number of fused-ring (bicyclic) bond motifs is 4. The van der Waals surface area contributed by atoms with Gasteiger partial charge in [0.2, 0.25) is 0 Å². The highest BCUT2D eigenvalue weighted by atomic mass is 16.5. The first-order valence-electron chi connectivity index (χ1n) is 7.53. The Kier molecular flexibility index (Phi) is 3.32. The molecule has 4 rings (SSSR count). The van der Waals surface area contributed by atoms with Crippen LogP contribution in [-0.4, -0.2) is 34.1 Å². The number of carboxylic acid groups (broad SMARTS) is 1. The molecule has 0 bridgehead atoms. The van der Waals surface area contributed by atoms with E-state index in [1.807, 2.05) is 24.3 Å². The van der Waals surface area contributed by atoms with Crippen molar-refractivity contribution in [3.05, 3.63) is 65.4 Å². The zero-order valence-electron chi connectivity index (χ0n) is 13.2. The number of aromatic carboxylic acids is 1. The smallest absolute Gasteiger partial charge is 0.335 e. The van der Waals surface area contributed by atoms with Crippen molar-refractivity contribution in [2.24, 2.45) is 0 Å². The summed E-state index contributed by atoms with van der Waals surface area (Å²) in [6.45, 7) is 0. The molecule has 3 aromatic rings. The number of ether oxygens (including phenoxy) is 1. The summed E-state index contributed by atoms with van der Waals surface area (Å²) in [5.41, 5.74) is 4.74. The molecule has 1 aromatic heterocycles. The normalized spacial score (nSPS) is 13.6. The Morgan fingerprint density at radius 2 is 1.72 bits per heavy atom. The van der Waals surface area contributed by atoms with E-state index in [9.17, 15) is 9.59 Å². The molecule has 1 heterocycles. The number of methoxy groups -OCH3 is 1. The van der Waals surface area contributed by atoms with E-state index in [0.717, 1.165) is 11.1 Å². The minimum absolute atomic E-state index is 0.135. The summed E-state index contributed by atoms with van der Waals surface area (Å²) >= 11 is 0. The Labute approximate surface area is 142 Å². The number of aromatic nitrogens is 2. The summed E-state index contributed by atoms with van der Waals surface area (Å²) in [5, 5.41) is 9.16. The first kappa shape index (κ1) is 15.0. The van der Waals surface area contributed by atoms with Gasteiger partial charge in [-0.25, -0.2) is 19.6 Å². The third-order valence-electron chi connectivity index (χ3n) is 4.10. The molecule has 0 saturated carbocycles. The lowest BCUT2D eigenvalue weighted by Crippen LogP contribution is -2.00. The highest BCUT2D eigenvalue weighted by Gasteiger charge is 2.27. The molecular weight excluding hydrogens is 320 g/mol. The highest BCUT2D eigenvalue weighted by molar-refractivity contribution is 6.06. The van der Waals surface area contributed by atoms with E-state index >= 15 is 0 Å². The summed E-state index contributed by atoms with van der Waals surface area (Å²) in [6.07, 6.45) is 1.38. The summed E-state index contributed by atoms with van der Waals surface area (Å²) in [6, 6.07) is 12.2. The number of nitrogens with zero attached hydrogens (tertiary/aromatic N) is 2. The molecule has 0 radical (unpaired) electrons. The average molecular weight is 332 g/mol. The van der Waals surface area contributed by atoms with Gasteiger partial charge >= 0.3 is 11.9 Å². The fraction of sp³-hybridized carbons (Fsp3) is 0.0526. The van der Waals surface area contributed by atoms with Crippen molar-refractivity contribution in [1.82, 2.24) is 9.97 Å². The number of carboxylic acids is 1. The molecule has 0 atom stereocenters. The van der Waals surface area contributed by atoms with E-state index in [4.69, 9.17) is 9.84 Å². The summed E-state index contributed by atoms with van der Waals surface area (Å²) in [7, 11) is 1.31. The molecule has 1 aliphatic carbocycles. The van der Waals surface area contributed by atoms with E-state index in [1.165, 1.54) is 25.3 Å². The predicted octanol–water partition coefficient (Wildman–Crippen LogP) is 2.91.